The second-order valence-electron chi connectivity index (χ2n) is 5.00. The molecule has 0 amide bonds. The predicted molar refractivity (Wildman–Crippen MR) is 56.1 cm³/mol. The molecule has 1 fully saturated rings. The average molecular weight is 215 g/mol. The summed E-state index contributed by atoms with van der Waals surface area (Å²) in [5.74, 6) is 0. The van der Waals surface area contributed by atoms with E-state index in [0.29, 0.717) is 25.7 Å². The zero-order chi connectivity index (χ0) is 10.8. The number of nitriles is 1. The van der Waals surface area contributed by atoms with E-state index >= 15 is 0 Å². The predicted octanol–water partition coefficient (Wildman–Crippen LogP) is 3.01. The van der Waals surface area contributed by atoms with Crippen molar-refractivity contribution in [3.63, 3.8) is 0 Å². The lowest BCUT2D eigenvalue weighted by atomic mass is 9.85. The van der Waals surface area contributed by atoms with E-state index in [-0.39, 0.29) is 0 Å². The maximum absolute atomic E-state index is 12.9. The lowest BCUT2D eigenvalue weighted by Gasteiger charge is -2.37. The molecule has 2 nitrogen and oxygen atoms in total. The number of rotatable bonds is 2. The molecule has 1 aliphatic rings. The smallest absolute Gasteiger partial charge is 0.185 e. The van der Waals surface area contributed by atoms with Crippen molar-refractivity contribution < 1.29 is 8.82 Å². The second kappa shape index (κ2) is 3.99. The van der Waals surface area contributed by atoms with Crippen molar-refractivity contribution in [3.8, 4) is 6.07 Å². The molecule has 0 N–H and O–H groups in total. The van der Waals surface area contributed by atoms with Crippen LogP contribution in [0.5, 0.6) is 0 Å². The lowest BCUT2D eigenvalue weighted by molar-refractivity contribution is 0.0496. The summed E-state index contributed by atoms with van der Waals surface area (Å²) >= 11 is 0. The standard InChI is InChI=1S/C10H18FNOSi/c1-14(2,3)13-10(8-12)6-4-9(11)5-7-10/h9H,4-7H2,1-3H3/t9-,10+. The highest BCUT2D eigenvalue weighted by molar-refractivity contribution is 6.69. The molecule has 0 unspecified atom stereocenters. The molecule has 14 heavy (non-hydrogen) atoms. The summed E-state index contributed by atoms with van der Waals surface area (Å²) in [4.78, 5) is 0. The van der Waals surface area contributed by atoms with Gasteiger partial charge < -0.3 is 4.43 Å². The fraction of sp³-hybridized carbons (Fsp3) is 0.900. The van der Waals surface area contributed by atoms with Crippen LogP contribution >= 0.6 is 0 Å². The van der Waals surface area contributed by atoms with E-state index in [1.54, 1.807) is 0 Å². The topological polar surface area (TPSA) is 33.0 Å². The van der Waals surface area contributed by atoms with Crippen molar-refractivity contribution in [1.82, 2.24) is 0 Å². The Morgan fingerprint density at radius 3 is 2.21 bits per heavy atom. The first kappa shape index (κ1) is 11.7. The normalized spacial score (nSPS) is 33.8. The molecular weight excluding hydrogens is 197 g/mol. The highest BCUT2D eigenvalue weighted by atomic mass is 28.4. The zero-order valence-corrected chi connectivity index (χ0v) is 10.1. The summed E-state index contributed by atoms with van der Waals surface area (Å²) in [6.45, 7) is 6.19. The molecule has 4 heteroatoms. The first-order valence-corrected chi connectivity index (χ1v) is 8.53. The monoisotopic (exact) mass is 215 g/mol. The van der Waals surface area contributed by atoms with Gasteiger partial charge in [-0.25, -0.2) is 4.39 Å². The van der Waals surface area contributed by atoms with Gasteiger partial charge in [-0.15, -0.1) is 0 Å². The number of hydrogen-bond donors (Lipinski definition) is 0. The maximum Gasteiger partial charge on any atom is 0.185 e. The van der Waals surface area contributed by atoms with Gasteiger partial charge in [-0.2, -0.15) is 5.26 Å². The average Bonchev–Trinajstić information content (AvgIpc) is 2.07. The van der Waals surface area contributed by atoms with Crippen LogP contribution in [0.25, 0.3) is 0 Å². The van der Waals surface area contributed by atoms with Crippen LogP contribution in [0.1, 0.15) is 25.7 Å². The van der Waals surface area contributed by atoms with Crippen LogP contribution in [0.15, 0.2) is 0 Å². The third-order valence-electron chi connectivity index (χ3n) is 2.43. The minimum atomic E-state index is -1.70. The number of alkyl halides is 1. The molecule has 0 aromatic rings. The van der Waals surface area contributed by atoms with Gasteiger partial charge in [0.15, 0.2) is 8.32 Å². The molecule has 0 spiro atoms. The van der Waals surface area contributed by atoms with Gasteiger partial charge in [0.1, 0.15) is 11.8 Å². The van der Waals surface area contributed by atoms with Gasteiger partial charge in [-0.3, -0.25) is 0 Å². The summed E-state index contributed by atoms with van der Waals surface area (Å²) in [6, 6.07) is 2.24. The van der Waals surface area contributed by atoms with E-state index in [1.165, 1.54) is 0 Å². The Hall–Kier alpha value is -0.403. The molecule has 0 aromatic carbocycles. The molecule has 0 heterocycles. The second-order valence-corrected chi connectivity index (χ2v) is 9.42. The molecule has 0 aliphatic heterocycles. The largest absolute Gasteiger partial charge is 0.400 e. The van der Waals surface area contributed by atoms with Gasteiger partial charge in [0, 0.05) is 0 Å². The van der Waals surface area contributed by atoms with E-state index in [1.807, 2.05) is 0 Å². The molecular formula is C10H18FNOSi. The van der Waals surface area contributed by atoms with E-state index in [9.17, 15) is 4.39 Å². The van der Waals surface area contributed by atoms with Crippen LogP contribution in [-0.4, -0.2) is 20.1 Å². The first-order valence-electron chi connectivity index (χ1n) is 5.12. The summed E-state index contributed by atoms with van der Waals surface area (Å²) in [7, 11) is -1.70. The van der Waals surface area contributed by atoms with Crippen LogP contribution in [-0.2, 0) is 4.43 Å². The minimum absolute atomic E-state index is 0.470. The van der Waals surface area contributed by atoms with Gasteiger partial charge in [0.2, 0.25) is 0 Å². The molecule has 0 saturated heterocycles. The molecule has 1 rings (SSSR count). The van der Waals surface area contributed by atoms with Crippen molar-refractivity contribution in [3.05, 3.63) is 0 Å². The zero-order valence-electron chi connectivity index (χ0n) is 9.14. The molecule has 0 radical (unpaired) electrons. The van der Waals surface area contributed by atoms with Gasteiger partial charge in [0.25, 0.3) is 0 Å². The Morgan fingerprint density at radius 2 is 1.86 bits per heavy atom. The first-order chi connectivity index (χ1) is 6.37. The molecule has 0 atom stereocenters. The van der Waals surface area contributed by atoms with Crippen LogP contribution in [0, 0.1) is 11.3 Å². The van der Waals surface area contributed by atoms with E-state index < -0.39 is 20.1 Å². The maximum atomic E-state index is 12.9. The summed E-state index contributed by atoms with van der Waals surface area (Å²) in [6.07, 6.45) is 1.31. The Kier molecular flexibility index (Phi) is 3.33. The highest BCUT2D eigenvalue weighted by Gasteiger charge is 2.39. The van der Waals surface area contributed by atoms with Gasteiger partial charge >= 0.3 is 0 Å². The molecule has 80 valence electrons. The molecule has 1 aliphatic carbocycles. The number of nitrogens with zero attached hydrogens (tertiary/aromatic N) is 1. The summed E-state index contributed by atoms with van der Waals surface area (Å²) in [5.41, 5.74) is -0.687. The summed E-state index contributed by atoms with van der Waals surface area (Å²) < 4.78 is 18.8. The van der Waals surface area contributed by atoms with Crippen LogP contribution < -0.4 is 0 Å². The Morgan fingerprint density at radius 1 is 1.36 bits per heavy atom. The van der Waals surface area contributed by atoms with E-state index in [0.717, 1.165) is 0 Å². The van der Waals surface area contributed by atoms with Crippen molar-refractivity contribution in [1.29, 1.82) is 5.26 Å². The number of hydrogen-bond acceptors (Lipinski definition) is 2. The van der Waals surface area contributed by atoms with Crippen molar-refractivity contribution in [2.75, 3.05) is 0 Å². The minimum Gasteiger partial charge on any atom is -0.400 e. The highest BCUT2D eigenvalue weighted by Crippen LogP contribution is 2.34. The van der Waals surface area contributed by atoms with Crippen LogP contribution in [0.2, 0.25) is 19.6 Å². The molecule has 0 aromatic heterocycles. The van der Waals surface area contributed by atoms with Crippen molar-refractivity contribution >= 4 is 8.32 Å². The Bertz CT molecular complexity index is 235. The Labute approximate surface area is 86.2 Å². The SMILES string of the molecule is C[Si](C)(C)O[C@]1(C#N)CC[C@H](F)CC1. The molecule has 0 bridgehead atoms. The lowest BCUT2D eigenvalue weighted by Crippen LogP contribution is -2.44. The van der Waals surface area contributed by atoms with Crippen LogP contribution in [0.4, 0.5) is 4.39 Å². The van der Waals surface area contributed by atoms with E-state index in [4.69, 9.17) is 9.69 Å². The molecule has 1 saturated carbocycles. The van der Waals surface area contributed by atoms with Gasteiger partial charge in [-0.1, -0.05) is 0 Å². The van der Waals surface area contributed by atoms with Crippen molar-refractivity contribution in [2.45, 2.75) is 57.1 Å². The van der Waals surface area contributed by atoms with Crippen molar-refractivity contribution in [2.24, 2.45) is 0 Å². The van der Waals surface area contributed by atoms with E-state index in [2.05, 4.69) is 25.7 Å². The summed E-state index contributed by atoms with van der Waals surface area (Å²) in [5, 5.41) is 9.12. The fourth-order valence-electron chi connectivity index (χ4n) is 1.87. The van der Waals surface area contributed by atoms with Crippen LogP contribution in [0.3, 0.4) is 0 Å². The quantitative estimate of drug-likeness (QED) is 0.663. The third kappa shape index (κ3) is 3.07. The fourth-order valence-corrected chi connectivity index (χ4v) is 3.29. The number of halogens is 1. The van der Waals surface area contributed by atoms with Gasteiger partial charge in [0.05, 0.1) is 6.07 Å². The van der Waals surface area contributed by atoms with Gasteiger partial charge in [-0.05, 0) is 45.3 Å². The third-order valence-corrected chi connectivity index (χ3v) is 3.43. The Balaban J connectivity index is 2.65.